The smallest absolute Gasteiger partial charge is 0.408 e. The van der Waals surface area contributed by atoms with Gasteiger partial charge in [-0.1, -0.05) is 18.2 Å². The molecule has 1 fully saturated rings. The standard InChI is InChI=1S/C28H27N5O4.C2H6O/c1-17-14-20(15-23-25(17)31-28(36)37-23)26(34)19-6-10-29-24(16-19)32-11-8-21(9-12-32)33-13-7-18-4-2-3-5-22(18)30-27(33)35;1-3-2/h2-6,10,14-16,21H,7-9,11-13H2,1H3,(H,30,35)(H,31,36);1-2H3. The van der Waals surface area contributed by atoms with Crippen molar-refractivity contribution in [3.63, 3.8) is 0 Å². The summed E-state index contributed by atoms with van der Waals surface area (Å²) in [6.07, 6.45) is 4.13. The Morgan fingerprint density at radius 1 is 1.02 bits per heavy atom. The molecule has 2 aliphatic rings. The van der Waals surface area contributed by atoms with E-state index in [0.717, 1.165) is 55.0 Å². The third kappa shape index (κ3) is 5.62. The van der Waals surface area contributed by atoms with E-state index in [2.05, 4.69) is 31.0 Å². The van der Waals surface area contributed by atoms with Crippen LogP contribution in [0.15, 0.2) is 63.9 Å². The van der Waals surface area contributed by atoms with Crippen LogP contribution in [0, 0.1) is 6.92 Å². The van der Waals surface area contributed by atoms with Crippen LogP contribution in [0.25, 0.3) is 11.1 Å². The molecule has 4 heterocycles. The maximum Gasteiger partial charge on any atom is 0.417 e. The van der Waals surface area contributed by atoms with Gasteiger partial charge in [-0.2, -0.15) is 0 Å². The molecular formula is C30H33N5O5. The number of amides is 2. The summed E-state index contributed by atoms with van der Waals surface area (Å²) in [6, 6.07) is 14.9. The minimum absolute atomic E-state index is 0.0420. The van der Waals surface area contributed by atoms with Crippen molar-refractivity contribution in [3.05, 3.63) is 87.5 Å². The average molecular weight is 544 g/mol. The van der Waals surface area contributed by atoms with Crippen molar-refractivity contribution in [1.29, 1.82) is 0 Å². The van der Waals surface area contributed by atoms with Crippen molar-refractivity contribution < 1.29 is 18.7 Å². The number of H-pyrrole nitrogens is 1. The summed E-state index contributed by atoms with van der Waals surface area (Å²) in [7, 11) is 3.25. The number of carbonyl (C=O) groups excluding carboxylic acids is 2. The number of carbonyl (C=O) groups is 2. The van der Waals surface area contributed by atoms with E-state index in [1.165, 1.54) is 0 Å². The molecule has 0 bridgehead atoms. The minimum Gasteiger partial charge on any atom is -0.408 e. The molecule has 2 aromatic carbocycles. The Labute approximate surface area is 232 Å². The number of pyridine rings is 1. The lowest BCUT2D eigenvalue weighted by atomic mass is 10.0. The van der Waals surface area contributed by atoms with E-state index in [9.17, 15) is 14.4 Å². The maximum absolute atomic E-state index is 13.3. The molecule has 0 unspecified atom stereocenters. The predicted octanol–water partition coefficient (Wildman–Crippen LogP) is 4.38. The van der Waals surface area contributed by atoms with E-state index in [4.69, 9.17) is 4.42 Å². The average Bonchev–Trinajstić information content (AvgIpc) is 3.26. The van der Waals surface area contributed by atoms with Crippen molar-refractivity contribution >= 4 is 34.4 Å². The summed E-state index contributed by atoms with van der Waals surface area (Å²) in [6.45, 7) is 4.01. The number of benzene rings is 2. The molecule has 208 valence electrons. The summed E-state index contributed by atoms with van der Waals surface area (Å²) >= 11 is 0. The highest BCUT2D eigenvalue weighted by atomic mass is 16.4. The highest BCUT2D eigenvalue weighted by Gasteiger charge is 2.30. The molecule has 10 heteroatoms. The molecule has 2 aliphatic heterocycles. The van der Waals surface area contributed by atoms with E-state index < -0.39 is 5.76 Å². The zero-order chi connectivity index (χ0) is 28.2. The zero-order valence-electron chi connectivity index (χ0n) is 22.9. The zero-order valence-corrected chi connectivity index (χ0v) is 22.9. The van der Waals surface area contributed by atoms with Crippen molar-refractivity contribution in [1.82, 2.24) is 14.9 Å². The molecule has 1 saturated heterocycles. The van der Waals surface area contributed by atoms with Crippen LogP contribution in [-0.2, 0) is 11.2 Å². The van der Waals surface area contributed by atoms with Gasteiger partial charge in [0.25, 0.3) is 0 Å². The van der Waals surface area contributed by atoms with Gasteiger partial charge in [-0.05, 0) is 67.6 Å². The number of oxazole rings is 1. The molecule has 2 amide bonds. The molecular weight excluding hydrogens is 510 g/mol. The number of piperidine rings is 1. The van der Waals surface area contributed by atoms with Crippen LogP contribution in [0.2, 0.25) is 0 Å². The Hall–Kier alpha value is -4.44. The molecule has 0 atom stereocenters. The first-order valence-electron chi connectivity index (χ1n) is 13.3. The molecule has 6 rings (SSSR count). The van der Waals surface area contributed by atoms with Crippen LogP contribution in [0.1, 0.15) is 39.9 Å². The lowest BCUT2D eigenvalue weighted by Gasteiger charge is -2.38. The van der Waals surface area contributed by atoms with E-state index in [0.29, 0.717) is 28.8 Å². The molecule has 2 N–H and O–H groups in total. The van der Waals surface area contributed by atoms with Crippen LogP contribution in [0.5, 0.6) is 0 Å². The number of aromatic nitrogens is 2. The third-order valence-corrected chi connectivity index (χ3v) is 7.37. The lowest BCUT2D eigenvalue weighted by Crippen LogP contribution is -2.49. The number of aromatic amines is 1. The number of para-hydroxylation sites is 1. The van der Waals surface area contributed by atoms with Crippen molar-refractivity contribution in [2.24, 2.45) is 0 Å². The van der Waals surface area contributed by atoms with Gasteiger partial charge >= 0.3 is 11.8 Å². The molecule has 4 aromatic rings. The second-order valence-corrected chi connectivity index (χ2v) is 10.1. The number of nitrogens with one attached hydrogen (secondary N) is 2. The number of aryl methyl sites for hydroxylation is 1. The number of anilines is 2. The summed E-state index contributed by atoms with van der Waals surface area (Å²) in [5.74, 6) is 0.0377. The number of hydrogen-bond donors (Lipinski definition) is 2. The molecule has 0 saturated carbocycles. The van der Waals surface area contributed by atoms with E-state index in [1.54, 1.807) is 38.6 Å². The van der Waals surface area contributed by atoms with Gasteiger partial charge in [0.15, 0.2) is 11.4 Å². The fourth-order valence-electron chi connectivity index (χ4n) is 5.40. The van der Waals surface area contributed by atoms with Gasteiger partial charge in [-0.15, -0.1) is 0 Å². The van der Waals surface area contributed by atoms with Gasteiger partial charge in [0, 0.05) is 62.9 Å². The first-order valence-corrected chi connectivity index (χ1v) is 13.3. The maximum atomic E-state index is 13.3. The molecule has 40 heavy (non-hydrogen) atoms. The second kappa shape index (κ2) is 11.7. The highest BCUT2D eigenvalue weighted by molar-refractivity contribution is 6.10. The number of methoxy groups -OCH3 is 1. The predicted molar refractivity (Wildman–Crippen MR) is 153 cm³/mol. The first-order chi connectivity index (χ1) is 19.4. The normalized spacial score (nSPS) is 15.6. The molecule has 2 aromatic heterocycles. The van der Waals surface area contributed by atoms with Crippen LogP contribution in [0.3, 0.4) is 0 Å². The van der Waals surface area contributed by atoms with Crippen molar-refractivity contribution in [2.75, 3.05) is 44.1 Å². The monoisotopic (exact) mass is 543 g/mol. The second-order valence-electron chi connectivity index (χ2n) is 10.1. The number of hydrogen-bond acceptors (Lipinski definition) is 7. The van der Waals surface area contributed by atoms with E-state index in [-0.39, 0.29) is 17.9 Å². The van der Waals surface area contributed by atoms with Crippen molar-refractivity contribution in [2.45, 2.75) is 32.2 Å². The topological polar surface area (TPSA) is 121 Å². The SMILES string of the molecule is COC.Cc1cc(C(=O)c2ccnc(N3CCC(N4CCc5ccccc5NC4=O)CC3)c2)cc2oc(=O)[nH]c12. The van der Waals surface area contributed by atoms with Crippen LogP contribution in [-0.4, -0.2) is 66.6 Å². The molecule has 0 aliphatic carbocycles. The van der Waals surface area contributed by atoms with Gasteiger partial charge in [0.1, 0.15) is 5.82 Å². The van der Waals surface area contributed by atoms with Crippen LogP contribution in [0.4, 0.5) is 16.3 Å². The van der Waals surface area contributed by atoms with Gasteiger partial charge in [0.2, 0.25) is 0 Å². The van der Waals surface area contributed by atoms with Crippen molar-refractivity contribution in [3.8, 4) is 0 Å². The minimum atomic E-state index is -0.542. The third-order valence-electron chi connectivity index (χ3n) is 7.37. The van der Waals surface area contributed by atoms with Gasteiger partial charge < -0.3 is 24.3 Å². The van der Waals surface area contributed by atoms with Crippen LogP contribution < -0.4 is 16.0 Å². The fraction of sp³-hybridized carbons (Fsp3) is 0.333. The fourth-order valence-corrected chi connectivity index (χ4v) is 5.40. The molecule has 0 spiro atoms. The van der Waals surface area contributed by atoms with E-state index >= 15 is 0 Å². The Kier molecular flexibility index (Phi) is 7.97. The van der Waals surface area contributed by atoms with Crippen LogP contribution >= 0.6 is 0 Å². The number of ether oxygens (including phenoxy) is 1. The Bertz CT molecular complexity index is 1580. The summed E-state index contributed by atoms with van der Waals surface area (Å²) in [5.41, 5.74) is 4.77. The largest absolute Gasteiger partial charge is 0.417 e. The Morgan fingerprint density at radius 3 is 2.55 bits per heavy atom. The Balaban J connectivity index is 0.00000103. The van der Waals surface area contributed by atoms with Gasteiger partial charge in [-0.25, -0.2) is 14.6 Å². The van der Waals surface area contributed by atoms with E-state index in [1.807, 2.05) is 36.1 Å². The Morgan fingerprint density at radius 2 is 1.77 bits per heavy atom. The number of nitrogens with zero attached hydrogens (tertiary/aromatic N) is 3. The van der Waals surface area contributed by atoms with Gasteiger partial charge in [0.05, 0.1) is 5.52 Å². The lowest BCUT2D eigenvalue weighted by molar-refractivity contribution is 0.103. The number of fused-ring (bicyclic) bond motifs is 2. The summed E-state index contributed by atoms with van der Waals surface area (Å²) in [4.78, 5) is 49.1. The molecule has 0 radical (unpaired) electrons. The summed E-state index contributed by atoms with van der Waals surface area (Å²) in [5, 5.41) is 3.06. The van der Waals surface area contributed by atoms with Gasteiger partial charge in [-0.3, -0.25) is 9.78 Å². The molecule has 10 nitrogen and oxygen atoms in total. The first kappa shape index (κ1) is 27.1. The quantitative estimate of drug-likeness (QED) is 0.367. The number of urea groups is 1. The number of ketones is 1. The highest BCUT2D eigenvalue weighted by Crippen LogP contribution is 2.27. The number of rotatable bonds is 4. The summed E-state index contributed by atoms with van der Waals surface area (Å²) < 4.78 is 9.42.